The minimum Gasteiger partial charge on any atom is -0.291 e. The summed E-state index contributed by atoms with van der Waals surface area (Å²) in [5, 5.41) is 5.50. The molecule has 0 unspecified atom stereocenters. The summed E-state index contributed by atoms with van der Waals surface area (Å²) >= 11 is 9.43. The molecular formula is C11H17BrClF2N3. The summed E-state index contributed by atoms with van der Waals surface area (Å²) in [4.78, 5) is 1.67. The third-order valence-electron chi connectivity index (χ3n) is 2.62. The van der Waals surface area contributed by atoms with E-state index in [1.807, 2.05) is 13.8 Å². The second kappa shape index (κ2) is 7.40. The topological polar surface area (TPSA) is 21.1 Å². The van der Waals surface area contributed by atoms with Crippen molar-refractivity contribution in [3.05, 3.63) is 16.4 Å². The summed E-state index contributed by atoms with van der Waals surface area (Å²) in [6, 6.07) is 0. The number of halogens is 4. The highest BCUT2D eigenvalue weighted by atomic mass is 79.9. The van der Waals surface area contributed by atoms with Gasteiger partial charge in [-0.15, -0.1) is 0 Å². The summed E-state index contributed by atoms with van der Waals surface area (Å²) in [5.74, 6) is 0. The molecule has 0 aliphatic heterocycles. The molecule has 3 nitrogen and oxygen atoms in total. The van der Waals surface area contributed by atoms with Gasteiger partial charge in [0.2, 0.25) is 0 Å². The zero-order chi connectivity index (χ0) is 13.7. The number of nitrogens with zero attached hydrogens (tertiary/aromatic N) is 3. The number of alkyl halides is 3. The molecule has 0 fully saturated rings. The maximum absolute atomic E-state index is 12.5. The Labute approximate surface area is 119 Å². The largest absolute Gasteiger partial charge is 0.291 e. The van der Waals surface area contributed by atoms with Crippen molar-refractivity contribution >= 4 is 27.5 Å². The lowest BCUT2D eigenvalue weighted by atomic mass is 10.3. The van der Waals surface area contributed by atoms with Crippen molar-refractivity contribution in [2.45, 2.75) is 33.4 Å². The van der Waals surface area contributed by atoms with Crippen LogP contribution in [0.5, 0.6) is 0 Å². The van der Waals surface area contributed by atoms with Crippen molar-refractivity contribution < 1.29 is 8.78 Å². The van der Waals surface area contributed by atoms with E-state index in [4.69, 9.17) is 11.6 Å². The van der Waals surface area contributed by atoms with Crippen LogP contribution in [0.1, 0.15) is 18.3 Å². The predicted molar refractivity (Wildman–Crippen MR) is 72.7 cm³/mol. The minimum absolute atomic E-state index is 0.254. The van der Waals surface area contributed by atoms with Gasteiger partial charge in [-0.2, -0.15) is 5.10 Å². The van der Waals surface area contributed by atoms with Crippen LogP contribution in [0.4, 0.5) is 8.78 Å². The molecule has 0 saturated carbocycles. The number of aromatic nitrogens is 2. The quantitative estimate of drug-likeness (QED) is 0.708. The van der Waals surface area contributed by atoms with Gasteiger partial charge in [-0.05, 0) is 13.8 Å². The first kappa shape index (κ1) is 15.9. The summed E-state index contributed by atoms with van der Waals surface area (Å²) in [5.41, 5.74) is 1.54. The van der Waals surface area contributed by atoms with Gasteiger partial charge in [-0.25, -0.2) is 8.78 Å². The molecule has 0 spiro atoms. The highest BCUT2D eigenvalue weighted by molar-refractivity contribution is 9.09. The van der Waals surface area contributed by atoms with E-state index in [-0.39, 0.29) is 6.54 Å². The molecule has 0 aliphatic rings. The van der Waals surface area contributed by atoms with Gasteiger partial charge in [0.25, 0.3) is 6.43 Å². The number of hydrogen-bond acceptors (Lipinski definition) is 2. The van der Waals surface area contributed by atoms with Crippen LogP contribution in [0, 0.1) is 6.92 Å². The normalized spacial score (nSPS) is 11.8. The van der Waals surface area contributed by atoms with E-state index in [0.29, 0.717) is 30.0 Å². The van der Waals surface area contributed by atoms with Crippen LogP contribution >= 0.6 is 27.5 Å². The third-order valence-corrected chi connectivity index (χ3v) is 3.47. The van der Waals surface area contributed by atoms with Crippen LogP contribution in [0.25, 0.3) is 0 Å². The molecule has 0 aromatic carbocycles. The zero-order valence-electron chi connectivity index (χ0n) is 10.5. The highest BCUT2D eigenvalue weighted by Crippen LogP contribution is 2.22. The van der Waals surface area contributed by atoms with Crippen LogP contribution < -0.4 is 0 Å². The Morgan fingerprint density at radius 3 is 2.67 bits per heavy atom. The summed E-state index contributed by atoms with van der Waals surface area (Å²) < 4.78 is 26.7. The lowest BCUT2D eigenvalue weighted by Crippen LogP contribution is -2.31. The summed E-state index contributed by atoms with van der Waals surface area (Å²) in [6.07, 6.45) is -2.35. The van der Waals surface area contributed by atoms with Gasteiger partial charge < -0.3 is 0 Å². The van der Waals surface area contributed by atoms with Crippen molar-refractivity contribution in [1.82, 2.24) is 14.7 Å². The lowest BCUT2D eigenvalue weighted by Gasteiger charge is -2.21. The first-order valence-electron chi connectivity index (χ1n) is 5.77. The molecule has 1 aromatic heterocycles. The van der Waals surface area contributed by atoms with Crippen molar-refractivity contribution in [2.75, 3.05) is 18.4 Å². The van der Waals surface area contributed by atoms with Crippen LogP contribution in [0.3, 0.4) is 0 Å². The fraction of sp³-hybridized carbons (Fsp3) is 0.727. The molecule has 1 aromatic rings. The van der Waals surface area contributed by atoms with Crippen LogP contribution in [-0.2, 0) is 13.1 Å². The Balaban J connectivity index is 2.85. The fourth-order valence-corrected chi connectivity index (χ4v) is 2.48. The molecule has 1 heterocycles. The number of hydrogen-bond donors (Lipinski definition) is 0. The van der Waals surface area contributed by atoms with Gasteiger partial charge in [0, 0.05) is 25.0 Å². The molecule has 0 atom stereocenters. The van der Waals surface area contributed by atoms with Gasteiger partial charge in [0.1, 0.15) is 0 Å². The van der Waals surface area contributed by atoms with E-state index in [1.165, 1.54) is 0 Å². The molecule has 0 bridgehead atoms. The Morgan fingerprint density at radius 1 is 1.50 bits per heavy atom. The standard InChI is InChI=1S/C11H17BrClF2N3/c1-3-18-9(11(13)8(2)16-18)6-17(5-4-12)7-10(14)15/h10H,3-7H2,1-2H3. The predicted octanol–water partition coefficient (Wildman–Crippen LogP) is 3.33. The van der Waals surface area contributed by atoms with E-state index in [2.05, 4.69) is 21.0 Å². The van der Waals surface area contributed by atoms with Crippen LogP contribution in [0.2, 0.25) is 5.02 Å². The summed E-state index contributed by atoms with van der Waals surface area (Å²) in [6.45, 7) is 5.14. The van der Waals surface area contributed by atoms with Crippen molar-refractivity contribution in [1.29, 1.82) is 0 Å². The molecule has 0 N–H and O–H groups in total. The molecule has 0 saturated heterocycles. The van der Waals surface area contributed by atoms with E-state index < -0.39 is 6.43 Å². The van der Waals surface area contributed by atoms with Gasteiger partial charge >= 0.3 is 0 Å². The Hall–Kier alpha value is -0.200. The Morgan fingerprint density at radius 2 is 2.17 bits per heavy atom. The van der Waals surface area contributed by atoms with Crippen molar-refractivity contribution in [3.8, 4) is 0 Å². The SMILES string of the molecule is CCn1nc(C)c(Cl)c1CN(CCBr)CC(F)F. The minimum atomic E-state index is -2.35. The average Bonchev–Trinajstić information content (AvgIpc) is 2.56. The van der Waals surface area contributed by atoms with Gasteiger partial charge in [-0.1, -0.05) is 27.5 Å². The van der Waals surface area contributed by atoms with Crippen molar-refractivity contribution in [2.24, 2.45) is 0 Å². The first-order valence-corrected chi connectivity index (χ1v) is 7.27. The maximum atomic E-state index is 12.5. The second-order valence-corrected chi connectivity index (χ2v) is 5.15. The van der Waals surface area contributed by atoms with E-state index in [1.54, 1.807) is 9.58 Å². The Kier molecular flexibility index (Phi) is 6.52. The average molecular weight is 345 g/mol. The van der Waals surface area contributed by atoms with Gasteiger partial charge in [0.05, 0.1) is 23.0 Å². The van der Waals surface area contributed by atoms with Crippen LogP contribution in [-0.4, -0.2) is 39.5 Å². The second-order valence-electron chi connectivity index (χ2n) is 3.98. The van der Waals surface area contributed by atoms with Gasteiger partial charge in [0.15, 0.2) is 0 Å². The molecule has 0 amide bonds. The molecule has 1 rings (SSSR count). The molecule has 7 heteroatoms. The number of rotatable bonds is 7. The molecular weight excluding hydrogens is 327 g/mol. The fourth-order valence-electron chi connectivity index (χ4n) is 1.78. The molecule has 0 radical (unpaired) electrons. The lowest BCUT2D eigenvalue weighted by molar-refractivity contribution is 0.0868. The molecule has 104 valence electrons. The van der Waals surface area contributed by atoms with E-state index >= 15 is 0 Å². The van der Waals surface area contributed by atoms with Gasteiger partial charge in [-0.3, -0.25) is 9.58 Å². The van der Waals surface area contributed by atoms with Crippen LogP contribution in [0.15, 0.2) is 0 Å². The Bertz CT molecular complexity index is 385. The smallest absolute Gasteiger partial charge is 0.251 e. The molecule has 18 heavy (non-hydrogen) atoms. The highest BCUT2D eigenvalue weighted by Gasteiger charge is 2.18. The molecule has 0 aliphatic carbocycles. The maximum Gasteiger partial charge on any atom is 0.251 e. The number of aryl methyl sites for hydroxylation is 2. The third kappa shape index (κ3) is 4.17. The first-order chi connectivity index (χ1) is 8.49. The van der Waals surface area contributed by atoms with E-state index in [9.17, 15) is 8.78 Å². The monoisotopic (exact) mass is 343 g/mol. The van der Waals surface area contributed by atoms with Crippen molar-refractivity contribution in [3.63, 3.8) is 0 Å². The van der Waals surface area contributed by atoms with E-state index in [0.717, 1.165) is 11.4 Å². The zero-order valence-corrected chi connectivity index (χ0v) is 12.8. The summed E-state index contributed by atoms with van der Waals surface area (Å²) in [7, 11) is 0.